The maximum absolute atomic E-state index is 11.6. The highest BCUT2D eigenvalue weighted by molar-refractivity contribution is 5.75. The summed E-state index contributed by atoms with van der Waals surface area (Å²) in [6, 6.07) is 0. The molecule has 1 N–H and O–H groups in total. The Morgan fingerprint density at radius 1 is 1.35 bits per heavy atom. The fraction of sp³-hybridized carbons (Fsp3) is 0.923. The molecule has 0 amide bonds. The van der Waals surface area contributed by atoms with E-state index in [9.17, 15) is 9.90 Å². The monoisotopic (exact) mass is 241 g/mol. The highest BCUT2D eigenvalue weighted by Gasteiger charge is 2.42. The number of morpholine rings is 1. The lowest BCUT2D eigenvalue weighted by Gasteiger charge is -2.40. The molecule has 2 rings (SSSR count). The average molecular weight is 241 g/mol. The van der Waals surface area contributed by atoms with E-state index in [-0.39, 0.29) is 0 Å². The van der Waals surface area contributed by atoms with E-state index in [1.807, 2.05) is 0 Å². The zero-order valence-corrected chi connectivity index (χ0v) is 10.7. The third kappa shape index (κ3) is 2.99. The van der Waals surface area contributed by atoms with Crippen molar-refractivity contribution in [3.05, 3.63) is 0 Å². The third-order valence-electron chi connectivity index (χ3n) is 4.32. The van der Waals surface area contributed by atoms with E-state index in [0.717, 1.165) is 52.0 Å². The highest BCUT2D eigenvalue weighted by atomic mass is 16.5. The van der Waals surface area contributed by atoms with Gasteiger partial charge in [0.2, 0.25) is 0 Å². The van der Waals surface area contributed by atoms with Crippen molar-refractivity contribution in [1.29, 1.82) is 0 Å². The minimum Gasteiger partial charge on any atom is -0.481 e. The molecule has 2 aliphatic rings. The molecule has 1 saturated carbocycles. The molecule has 17 heavy (non-hydrogen) atoms. The molecule has 0 atom stereocenters. The van der Waals surface area contributed by atoms with Gasteiger partial charge in [-0.1, -0.05) is 6.92 Å². The largest absolute Gasteiger partial charge is 0.481 e. The number of hydrogen-bond donors (Lipinski definition) is 1. The number of nitrogens with zero attached hydrogens (tertiary/aromatic N) is 1. The average Bonchev–Trinajstić information content (AvgIpc) is 2.33. The first-order valence-corrected chi connectivity index (χ1v) is 6.66. The van der Waals surface area contributed by atoms with E-state index in [0.29, 0.717) is 12.5 Å². The molecule has 0 aromatic heterocycles. The highest BCUT2D eigenvalue weighted by Crippen LogP contribution is 2.39. The number of rotatable bonds is 3. The smallest absolute Gasteiger partial charge is 0.310 e. The van der Waals surface area contributed by atoms with Crippen LogP contribution in [0.25, 0.3) is 0 Å². The minimum absolute atomic E-state index is 0.496. The zero-order valence-electron chi connectivity index (χ0n) is 10.7. The van der Waals surface area contributed by atoms with Crippen LogP contribution >= 0.6 is 0 Å². The van der Waals surface area contributed by atoms with Gasteiger partial charge in [-0.25, -0.2) is 0 Å². The lowest BCUT2D eigenvalue weighted by atomic mass is 9.70. The molecule has 4 heteroatoms. The van der Waals surface area contributed by atoms with Crippen LogP contribution in [0.4, 0.5) is 0 Å². The number of aliphatic carboxylic acids is 1. The Labute approximate surface area is 103 Å². The van der Waals surface area contributed by atoms with Crippen LogP contribution in [-0.4, -0.2) is 48.8 Å². The Morgan fingerprint density at radius 3 is 2.47 bits per heavy atom. The SMILES string of the molecule is CC1CCC(CN2CCOCC2)(C(=O)O)CC1. The lowest BCUT2D eigenvalue weighted by molar-refractivity contribution is -0.154. The first-order chi connectivity index (χ1) is 8.12. The molecule has 1 saturated heterocycles. The molecule has 0 aromatic carbocycles. The summed E-state index contributed by atoms with van der Waals surface area (Å²) in [4.78, 5) is 13.9. The zero-order chi connectivity index (χ0) is 12.3. The summed E-state index contributed by atoms with van der Waals surface area (Å²) < 4.78 is 5.31. The maximum atomic E-state index is 11.6. The van der Waals surface area contributed by atoms with E-state index in [1.165, 1.54) is 0 Å². The predicted octanol–water partition coefficient (Wildman–Crippen LogP) is 1.60. The van der Waals surface area contributed by atoms with E-state index in [1.54, 1.807) is 0 Å². The summed E-state index contributed by atoms with van der Waals surface area (Å²) in [5.41, 5.74) is -0.496. The van der Waals surface area contributed by atoms with Gasteiger partial charge in [0.05, 0.1) is 18.6 Å². The van der Waals surface area contributed by atoms with Crippen LogP contribution in [0, 0.1) is 11.3 Å². The molecular weight excluding hydrogens is 218 g/mol. The van der Waals surface area contributed by atoms with Crippen LogP contribution in [0.2, 0.25) is 0 Å². The van der Waals surface area contributed by atoms with E-state index in [2.05, 4.69) is 11.8 Å². The molecule has 98 valence electrons. The van der Waals surface area contributed by atoms with Crippen LogP contribution in [0.5, 0.6) is 0 Å². The van der Waals surface area contributed by atoms with Crippen molar-refractivity contribution in [2.45, 2.75) is 32.6 Å². The van der Waals surface area contributed by atoms with Crippen LogP contribution in [0.15, 0.2) is 0 Å². The number of carboxylic acid groups (broad SMARTS) is 1. The summed E-state index contributed by atoms with van der Waals surface area (Å²) in [5.74, 6) is 0.0862. The third-order valence-corrected chi connectivity index (χ3v) is 4.32. The van der Waals surface area contributed by atoms with Crippen LogP contribution < -0.4 is 0 Å². The summed E-state index contributed by atoms with van der Waals surface area (Å²) in [6.07, 6.45) is 3.77. The topological polar surface area (TPSA) is 49.8 Å². The molecule has 1 heterocycles. The van der Waals surface area contributed by atoms with Crippen molar-refractivity contribution in [2.24, 2.45) is 11.3 Å². The van der Waals surface area contributed by atoms with Crippen molar-refractivity contribution in [2.75, 3.05) is 32.8 Å². The molecule has 0 radical (unpaired) electrons. The molecule has 2 fully saturated rings. The van der Waals surface area contributed by atoms with Gasteiger partial charge in [-0.15, -0.1) is 0 Å². The molecule has 0 aromatic rings. The van der Waals surface area contributed by atoms with Gasteiger partial charge in [0.25, 0.3) is 0 Å². The number of hydrogen-bond acceptors (Lipinski definition) is 3. The molecule has 1 aliphatic carbocycles. The van der Waals surface area contributed by atoms with Gasteiger partial charge in [-0.3, -0.25) is 9.69 Å². The molecule has 0 unspecified atom stereocenters. The van der Waals surface area contributed by atoms with E-state index < -0.39 is 11.4 Å². The molecular formula is C13H23NO3. The fourth-order valence-electron chi connectivity index (χ4n) is 2.94. The minimum atomic E-state index is -0.601. The normalized spacial score (nSPS) is 35.7. The maximum Gasteiger partial charge on any atom is 0.310 e. The standard InChI is InChI=1S/C13H23NO3/c1-11-2-4-13(5-3-11,12(15)16)10-14-6-8-17-9-7-14/h11H,2-10H2,1H3,(H,15,16). The Bertz CT molecular complexity index is 266. The second-order valence-electron chi connectivity index (χ2n) is 5.66. The van der Waals surface area contributed by atoms with Crippen molar-refractivity contribution >= 4 is 5.97 Å². The second-order valence-corrected chi connectivity index (χ2v) is 5.66. The molecule has 1 aliphatic heterocycles. The molecule has 4 nitrogen and oxygen atoms in total. The summed E-state index contributed by atoms with van der Waals surface area (Å²) in [5, 5.41) is 9.55. The first-order valence-electron chi connectivity index (χ1n) is 6.66. The van der Waals surface area contributed by atoms with Crippen LogP contribution in [-0.2, 0) is 9.53 Å². The van der Waals surface area contributed by atoms with Crippen molar-refractivity contribution in [3.8, 4) is 0 Å². The van der Waals surface area contributed by atoms with E-state index >= 15 is 0 Å². The van der Waals surface area contributed by atoms with Crippen LogP contribution in [0.1, 0.15) is 32.6 Å². The first kappa shape index (κ1) is 12.8. The van der Waals surface area contributed by atoms with Gasteiger partial charge < -0.3 is 9.84 Å². The van der Waals surface area contributed by atoms with Gasteiger partial charge in [-0.05, 0) is 31.6 Å². The van der Waals surface area contributed by atoms with Gasteiger partial charge in [0.15, 0.2) is 0 Å². The number of ether oxygens (including phenoxy) is 1. The second kappa shape index (κ2) is 5.36. The summed E-state index contributed by atoms with van der Waals surface area (Å²) in [7, 11) is 0. The Morgan fingerprint density at radius 2 is 1.94 bits per heavy atom. The number of carboxylic acids is 1. The van der Waals surface area contributed by atoms with Gasteiger partial charge in [0.1, 0.15) is 0 Å². The number of carbonyl (C=O) groups is 1. The quantitative estimate of drug-likeness (QED) is 0.815. The van der Waals surface area contributed by atoms with Gasteiger partial charge >= 0.3 is 5.97 Å². The Balaban J connectivity index is 1.98. The Kier molecular flexibility index (Phi) is 4.05. The summed E-state index contributed by atoms with van der Waals surface area (Å²) in [6.45, 7) is 6.17. The molecule has 0 spiro atoms. The fourth-order valence-corrected chi connectivity index (χ4v) is 2.94. The van der Waals surface area contributed by atoms with E-state index in [4.69, 9.17) is 4.74 Å². The predicted molar refractivity (Wildman–Crippen MR) is 65.0 cm³/mol. The lowest BCUT2D eigenvalue weighted by Crippen LogP contribution is -2.48. The van der Waals surface area contributed by atoms with Crippen molar-refractivity contribution in [1.82, 2.24) is 4.90 Å². The van der Waals surface area contributed by atoms with Crippen molar-refractivity contribution < 1.29 is 14.6 Å². The summed E-state index contributed by atoms with van der Waals surface area (Å²) >= 11 is 0. The van der Waals surface area contributed by atoms with Gasteiger partial charge in [0, 0.05) is 19.6 Å². The van der Waals surface area contributed by atoms with Crippen LogP contribution in [0.3, 0.4) is 0 Å². The molecule has 0 bridgehead atoms. The Hall–Kier alpha value is -0.610. The van der Waals surface area contributed by atoms with Gasteiger partial charge in [-0.2, -0.15) is 0 Å². The van der Waals surface area contributed by atoms with Crippen molar-refractivity contribution in [3.63, 3.8) is 0 Å².